The third kappa shape index (κ3) is 3.74. The Morgan fingerprint density at radius 3 is 2.86 bits per heavy atom. The Bertz CT molecular complexity index is 470. The minimum Gasteiger partial charge on any atom is -0.381 e. The van der Waals surface area contributed by atoms with Gasteiger partial charge in [-0.2, -0.15) is 0 Å². The van der Waals surface area contributed by atoms with Crippen LogP contribution in [0.5, 0.6) is 0 Å². The van der Waals surface area contributed by atoms with Gasteiger partial charge in [0.2, 0.25) is 0 Å². The van der Waals surface area contributed by atoms with E-state index in [1.54, 1.807) is 6.07 Å². The summed E-state index contributed by atoms with van der Waals surface area (Å²) in [7, 11) is 1.98. The summed E-state index contributed by atoms with van der Waals surface area (Å²) in [5, 5.41) is 3.64. The smallest absolute Gasteiger partial charge is 0.146 e. The second-order valence-corrected chi connectivity index (χ2v) is 6.62. The predicted octanol–water partition coefficient (Wildman–Crippen LogP) is 2.81. The first-order valence-corrected chi connectivity index (χ1v) is 7.95. The summed E-state index contributed by atoms with van der Waals surface area (Å²) < 4.78 is 19.7. The van der Waals surface area contributed by atoms with Crippen molar-refractivity contribution in [2.75, 3.05) is 38.3 Å². The molecule has 1 aromatic carbocycles. The van der Waals surface area contributed by atoms with Crippen LogP contribution in [-0.2, 0) is 4.74 Å². The Morgan fingerprint density at radius 1 is 1.38 bits per heavy atom. The van der Waals surface area contributed by atoms with Crippen LogP contribution < -0.4 is 10.2 Å². The minimum atomic E-state index is -0.151. The summed E-state index contributed by atoms with van der Waals surface area (Å²) in [6.45, 7) is 3.42. The van der Waals surface area contributed by atoms with Crippen molar-refractivity contribution in [1.82, 2.24) is 5.32 Å². The van der Waals surface area contributed by atoms with Crippen molar-refractivity contribution < 1.29 is 9.13 Å². The summed E-state index contributed by atoms with van der Waals surface area (Å²) in [6, 6.07) is 7.70. The van der Waals surface area contributed by atoms with Gasteiger partial charge in [0.05, 0.1) is 12.3 Å². The number of hydrogen-bond donors (Lipinski definition) is 1. The molecule has 2 aliphatic rings. The first kappa shape index (κ1) is 14.8. The largest absolute Gasteiger partial charge is 0.381 e. The molecule has 0 amide bonds. The number of benzene rings is 1. The zero-order valence-electron chi connectivity index (χ0n) is 12.8. The van der Waals surface area contributed by atoms with Crippen LogP contribution in [0.3, 0.4) is 0 Å². The fourth-order valence-electron chi connectivity index (χ4n) is 3.23. The molecule has 1 aliphatic heterocycles. The average molecular weight is 292 g/mol. The van der Waals surface area contributed by atoms with E-state index < -0.39 is 0 Å². The van der Waals surface area contributed by atoms with Crippen molar-refractivity contribution >= 4 is 5.69 Å². The van der Waals surface area contributed by atoms with Gasteiger partial charge in [-0.1, -0.05) is 12.1 Å². The molecule has 2 fully saturated rings. The molecule has 0 aromatic heterocycles. The number of anilines is 1. The lowest BCUT2D eigenvalue weighted by molar-refractivity contribution is -0.00297. The first-order chi connectivity index (χ1) is 10.2. The van der Waals surface area contributed by atoms with E-state index in [0.717, 1.165) is 39.1 Å². The molecule has 1 aliphatic carbocycles. The third-order valence-corrected chi connectivity index (χ3v) is 4.58. The van der Waals surface area contributed by atoms with Crippen molar-refractivity contribution in [2.24, 2.45) is 5.41 Å². The first-order valence-electron chi connectivity index (χ1n) is 7.95. The Labute approximate surface area is 126 Å². The van der Waals surface area contributed by atoms with E-state index in [1.165, 1.54) is 18.9 Å². The zero-order valence-corrected chi connectivity index (χ0v) is 12.8. The molecule has 116 valence electrons. The Morgan fingerprint density at radius 2 is 2.19 bits per heavy atom. The molecule has 0 radical (unpaired) electrons. The molecule has 1 unspecified atom stereocenters. The van der Waals surface area contributed by atoms with Gasteiger partial charge >= 0.3 is 0 Å². The van der Waals surface area contributed by atoms with Gasteiger partial charge in [0, 0.05) is 38.2 Å². The number of ether oxygens (including phenoxy) is 1. The van der Waals surface area contributed by atoms with Gasteiger partial charge in [-0.15, -0.1) is 0 Å². The zero-order chi connectivity index (χ0) is 14.7. The lowest BCUT2D eigenvalue weighted by atomic mass is 9.81. The SMILES string of the molecule is CN(CC1(CNC2CC2)CCCOC1)c1ccccc1F. The molecule has 1 N–H and O–H groups in total. The van der Waals surface area contributed by atoms with E-state index in [-0.39, 0.29) is 11.2 Å². The van der Waals surface area contributed by atoms with Crippen molar-refractivity contribution in [2.45, 2.75) is 31.7 Å². The van der Waals surface area contributed by atoms with Crippen LogP contribution in [-0.4, -0.2) is 39.4 Å². The second kappa shape index (κ2) is 6.32. The lowest BCUT2D eigenvalue weighted by Gasteiger charge is -2.40. The van der Waals surface area contributed by atoms with Crippen LogP contribution in [0.4, 0.5) is 10.1 Å². The van der Waals surface area contributed by atoms with Gasteiger partial charge in [0.25, 0.3) is 0 Å². The van der Waals surface area contributed by atoms with Crippen molar-refractivity contribution in [3.05, 3.63) is 30.1 Å². The molecule has 3 nitrogen and oxygen atoms in total. The highest BCUT2D eigenvalue weighted by Gasteiger charge is 2.36. The minimum absolute atomic E-state index is 0.0951. The van der Waals surface area contributed by atoms with Crippen LogP contribution in [0.15, 0.2) is 24.3 Å². The van der Waals surface area contributed by atoms with E-state index in [0.29, 0.717) is 11.7 Å². The third-order valence-electron chi connectivity index (χ3n) is 4.58. The molecule has 1 saturated heterocycles. The van der Waals surface area contributed by atoms with Crippen molar-refractivity contribution in [3.63, 3.8) is 0 Å². The highest BCUT2D eigenvalue weighted by molar-refractivity contribution is 5.47. The Hall–Kier alpha value is -1.13. The molecule has 1 saturated carbocycles. The number of para-hydroxylation sites is 1. The van der Waals surface area contributed by atoms with E-state index >= 15 is 0 Å². The van der Waals surface area contributed by atoms with Gasteiger partial charge in [0.1, 0.15) is 5.82 Å². The predicted molar refractivity (Wildman–Crippen MR) is 83.2 cm³/mol. The normalized spacial score (nSPS) is 25.8. The maximum Gasteiger partial charge on any atom is 0.146 e. The van der Waals surface area contributed by atoms with Crippen LogP contribution in [0.25, 0.3) is 0 Å². The van der Waals surface area contributed by atoms with Gasteiger partial charge in [-0.3, -0.25) is 0 Å². The summed E-state index contributed by atoms with van der Waals surface area (Å²) >= 11 is 0. The molecule has 21 heavy (non-hydrogen) atoms. The molecule has 1 atom stereocenters. The fourth-order valence-corrected chi connectivity index (χ4v) is 3.23. The highest BCUT2D eigenvalue weighted by Crippen LogP contribution is 2.32. The van der Waals surface area contributed by atoms with E-state index in [1.807, 2.05) is 24.1 Å². The van der Waals surface area contributed by atoms with Crippen LogP contribution >= 0.6 is 0 Å². The van der Waals surface area contributed by atoms with Gasteiger partial charge < -0.3 is 15.0 Å². The Balaban J connectivity index is 1.69. The van der Waals surface area contributed by atoms with E-state index in [2.05, 4.69) is 5.32 Å². The summed E-state index contributed by atoms with van der Waals surface area (Å²) in [5.74, 6) is -0.151. The molecular formula is C17H25FN2O. The maximum absolute atomic E-state index is 14.0. The average Bonchev–Trinajstić information content (AvgIpc) is 3.31. The molecule has 0 spiro atoms. The highest BCUT2D eigenvalue weighted by atomic mass is 19.1. The van der Waals surface area contributed by atoms with Gasteiger partial charge in [-0.05, 0) is 37.8 Å². The van der Waals surface area contributed by atoms with E-state index in [9.17, 15) is 4.39 Å². The molecule has 1 aromatic rings. The van der Waals surface area contributed by atoms with Gasteiger partial charge in [0.15, 0.2) is 0 Å². The Kier molecular flexibility index (Phi) is 4.45. The van der Waals surface area contributed by atoms with E-state index in [4.69, 9.17) is 4.74 Å². The van der Waals surface area contributed by atoms with Gasteiger partial charge in [-0.25, -0.2) is 4.39 Å². The summed E-state index contributed by atoms with van der Waals surface area (Å²) in [6.07, 6.45) is 4.82. The lowest BCUT2D eigenvalue weighted by Crippen LogP contribution is -2.48. The maximum atomic E-state index is 14.0. The molecule has 3 rings (SSSR count). The number of halogens is 1. The summed E-state index contributed by atoms with van der Waals surface area (Å²) in [4.78, 5) is 2.04. The van der Waals surface area contributed by atoms with Crippen molar-refractivity contribution in [3.8, 4) is 0 Å². The van der Waals surface area contributed by atoms with Crippen LogP contribution in [0, 0.1) is 11.2 Å². The second-order valence-electron chi connectivity index (χ2n) is 6.62. The van der Waals surface area contributed by atoms with Crippen LogP contribution in [0.2, 0.25) is 0 Å². The summed E-state index contributed by atoms with van der Waals surface area (Å²) in [5.41, 5.74) is 0.770. The number of rotatable bonds is 6. The van der Waals surface area contributed by atoms with Crippen molar-refractivity contribution in [1.29, 1.82) is 0 Å². The molecule has 0 bridgehead atoms. The molecular weight excluding hydrogens is 267 g/mol. The topological polar surface area (TPSA) is 24.5 Å². The fraction of sp³-hybridized carbons (Fsp3) is 0.647. The monoisotopic (exact) mass is 292 g/mol. The number of nitrogens with one attached hydrogen (secondary N) is 1. The molecule has 1 heterocycles. The standard InChI is InChI=1S/C17H25FN2O/c1-20(16-6-3-2-5-15(16)18)12-17(9-4-10-21-13-17)11-19-14-7-8-14/h2-3,5-6,14,19H,4,7-13H2,1H3. The van der Waals surface area contributed by atoms with Crippen LogP contribution in [0.1, 0.15) is 25.7 Å². The quantitative estimate of drug-likeness (QED) is 0.872. The number of nitrogens with zero attached hydrogens (tertiary/aromatic N) is 1. The molecule has 4 heteroatoms. The number of hydrogen-bond acceptors (Lipinski definition) is 3.